The molecule has 0 saturated heterocycles. The van der Waals surface area contributed by atoms with Gasteiger partial charge in [-0.25, -0.2) is 0 Å². The molecule has 0 bridgehead atoms. The van der Waals surface area contributed by atoms with E-state index in [1.54, 1.807) is 12.3 Å². The van der Waals surface area contributed by atoms with Crippen LogP contribution in [-0.4, -0.2) is 33.7 Å². The maximum absolute atomic E-state index is 9.85. The van der Waals surface area contributed by atoms with E-state index in [2.05, 4.69) is 15.4 Å². The Morgan fingerprint density at radius 2 is 1.86 bits per heavy atom. The first-order valence-corrected chi connectivity index (χ1v) is 6.68. The van der Waals surface area contributed by atoms with Crippen molar-refractivity contribution in [1.29, 1.82) is 0 Å². The Kier molecular flexibility index (Phi) is 2.80. The number of benzene rings is 2. The molecular weight excluding hydrogens is 281 g/mol. The van der Waals surface area contributed by atoms with Crippen LogP contribution in [0.5, 0.6) is 5.75 Å². The second-order valence-corrected chi connectivity index (χ2v) is 5.00. The predicted molar refractivity (Wildman–Crippen MR) is 82.9 cm³/mol. The van der Waals surface area contributed by atoms with Gasteiger partial charge in [0, 0.05) is 10.8 Å². The highest BCUT2D eigenvalue weighted by Gasteiger charge is 2.25. The van der Waals surface area contributed by atoms with Crippen molar-refractivity contribution in [3.63, 3.8) is 0 Å². The molecule has 3 aromatic rings. The zero-order chi connectivity index (χ0) is 15.1. The molecule has 0 amide bonds. The predicted octanol–water partition coefficient (Wildman–Crippen LogP) is 1.05. The van der Waals surface area contributed by atoms with Gasteiger partial charge in [0.25, 0.3) is 0 Å². The molecule has 2 heterocycles. The molecule has 1 aliphatic rings. The van der Waals surface area contributed by atoms with Crippen molar-refractivity contribution in [2.75, 3.05) is 0 Å². The lowest BCUT2D eigenvalue weighted by Crippen LogP contribution is -2.37. The topological polar surface area (TPSA) is 87.8 Å². The number of aromatic hydroxyl groups is 1. The van der Waals surface area contributed by atoms with E-state index in [-0.39, 0.29) is 5.75 Å². The third-order valence-corrected chi connectivity index (χ3v) is 3.66. The van der Waals surface area contributed by atoms with Crippen molar-refractivity contribution in [2.45, 2.75) is 0 Å². The molecule has 4 rings (SSSR count). The van der Waals surface area contributed by atoms with Gasteiger partial charge in [0.05, 0.1) is 17.9 Å². The molecule has 0 aliphatic carbocycles. The van der Waals surface area contributed by atoms with Crippen LogP contribution in [0.25, 0.3) is 22.0 Å². The van der Waals surface area contributed by atoms with Crippen molar-refractivity contribution >= 4 is 29.7 Å². The molecule has 0 saturated carbocycles. The third-order valence-electron chi connectivity index (χ3n) is 3.66. The summed E-state index contributed by atoms with van der Waals surface area (Å²) in [6, 6.07) is 11.2. The molecular formula is C15H10BN3O3. The lowest BCUT2D eigenvalue weighted by Gasteiger charge is -2.14. The van der Waals surface area contributed by atoms with Crippen LogP contribution in [0.4, 0.5) is 0 Å². The number of hydrogen-bond acceptors (Lipinski definition) is 6. The Labute approximate surface area is 125 Å². The van der Waals surface area contributed by atoms with Crippen molar-refractivity contribution in [1.82, 2.24) is 10.2 Å². The number of hydrogen-bond donors (Lipinski definition) is 2. The SMILES string of the molecule is OB1ON=Cc2ccc(-c3ccc4c(O)cnnc4c3)cc21. The minimum absolute atomic E-state index is 0.0991. The summed E-state index contributed by atoms with van der Waals surface area (Å²) in [5.74, 6) is 0.0991. The van der Waals surface area contributed by atoms with Gasteiger partial charge in [-0.2, -0.15) is 10.2 Å². The van der Waals surface area contributed by atoms with Gasteiger partial charge >= 0.3 is 7.12 Å². The zero-order valence-corrected chi connectivity index (χ0v) is 11.3. The highest BCUT2D eigenvalue weighted by molar-refractivity contribution is 6.62. The van der Waals surface area contributed by atoms with Gasteiger partial charge in [-0.15, -0.1) is 5.16 Å². The van der Waals surface area contributed by atoms with Crippen molar-refractivity contribution in [3.05, 3.63) is 48.2 Å². The number of aromatic nitrogens is 2. The van der Waals surface area contributed by atoms with Crippen molar-refractivity contribution in [2.24, 2.45) is 5.16 Å². The average Bonchev–Trinajstić information content (AvgIpc) is 2.55. The molecule has 0 atom stereocenters. The molecule has 0 unspecified atom stereocenters. The molecule has 7 heteroatoms. The maximum Gasteiger partial charge on any atom is 0.583 e. The Morgan fingerprint density at radius 3 is 2.77 bits per heavy atom. The normalized spacial score (nSPS) is 13.0. The van der Waals surface area contributed by atoms with Gasteiger partial charge in [-0.1, -0.05) is 24.3 Å². The molecule has 0 fully saturated rings. The number of rotatable bonds is 1. The largest absolute Gasteiger partial charge is 0.583 e. The van der Waals surface area contributed by atoms with Gasteiger partial charge in [0.1, 0.15) is 5.75 Å². The quantitative estimate of drug-likeness (QED) is 0.654. The standard InChI is InChI=1S/C15H10BN3O3/c20-15-8-17-19-14-6-10(3-4-12(14)15)9-1-2-11-7-18-22-16(21)13(11)5-9/h1-8,21H,(H,19,20). The lowest BCUT2D eigenvalue weighted by molar-refractivity contribution is 0.286. The van der Waals surface area contributed by atoms with Gasteiger partial charge in [0.15, 0.2) is 0 Å². The molecule has 106 valence electrons. The summed E-state index contributed by atoms with van der Waals surface area (Å²) in [5.41, 5.74) is 3.90. The highest BCUT2D eigenvalue weighted by Crippen LogP contribution is 2.27. The zero-order valence-electron chi connectivity index (χ0n) is 11.3. The molecule has 0 spiro atoms. The van der Waals surface area contributed by atoms with Crippen LogP contribution in [0.1, 0.15) is 5.56 Å². The van der Waals surface area contributed by atoms with Crippen LogP contribution in [0, 0.1) is 0 Å². The molecule has 2 N–H and O–H groups in total. The van der Waals surface area contributed by atoms with Crippen molar-refractivity contribution < 1.29 is 14.9 Å². The lowest BCUT2D eigenvalue weighted by atomic mass is 9.75. The Bertz CT molecular complexity index is 914. The third kappa shape index (κ3) is 1.99. The van der Waals surface area contributed by atoms with E-state index in [0.29, 0.717) is 16.4 Å². The van der Waals surface area contributed by atoms with Gasteiger partial charge in [-0.3, -0.25) is 0 Å². The minimum atomic E-state index is -1.07. The monoisotopic (exact) mass is 291 g/mol. The van der Waals surface area contributed by atoms with E-state index in [9.17, 15) is 10.1 Å². The average molecular weight is 291 g/mol. The molecule has 22 heavy (non-hydrogen) atoms. The van der Waals surface area contributed by atoms with E-state index in [1.807, 2.05) is 30.3 Å². The van der Waals surface area contributed by atoms with Gasteiger partial charge in [0.2, 0.25) is 0 Å². The Balaban J connectivity index is 1.85. The van der Waals surface area contributed by atoms with Crippen molar-refractivity contribution in [3.8, 4) is 16.9 Å². The fraction of sp³-hybridized carbons (Fsp3) is 0. The van der Waals surface area contributed by atoms with E-state index in [1.165, 1.54) is 6.20 Å². The summed E-state index contributed by atoms with van der Waals surface area (Å²) in [5, 5.41) is 31.7. The number of fused-ring (bicyclic) bond motifs is 2. The fourth-order valence-corrected chi connectivity index (χ4v) is 2.51. The highest BCUT2D eigenvalue weighted by atomic mass is 16.6. The van der Waals surface area contributed by atoms with Gasteiger partial charge in [-0.05, 0) is 28.8 Å². The molecule has 0 radical (unpaired) electrons. The Hall–Kier alpha value is -2.93. The van der Waals surface area contributed by atoms with Crippen LogP contribution in [-0.2, 0) is 4.76 Å². The Morgan fingerprint density at radius 1 is 1.05 bits per heavy atom. The van der Waals surface area contributed by atoms with Crippen LogP contribution in [0.3, 0.4) is 0 Å². The van der Waals surface area contributed by atoms with E-state index in [4.69, 9.17) is 4.76 Å². The summed E-state index contributed by atoms with van der Waals surface area (Å²) in [4.78, 5) is 0. The first-order valence-electron chi connectivity index (χ1n) is 6.68. The summed E-state index contributed by atoms with van der Waals surface area (Å²) in [6.45, 7) is 0. The maximum atomic E-state index is 9.85. The minimum Gasteiger partial charge on any atom is -0.506 e. The first-order chi connectivity index (χ1) is 10.7. The summed E-state index contributed by atoms with van der Waals surface area (Å²) < 4.78 is 4.85. The summed E-state index contributed by atoms with van der Waals surface area (Å²) in [7, 11) is -1.07. The molecule has 6 nitrogen and oxygen atoms in total. The summed E-state index contributed by atoms with van der Waals surface area (Å²) in [6.07, 6.45) is 2.88. The summed E-state index contributed by atoms with van der Waals surface area (Å²) >= 11 is 0. The smallest absolute Gasteiger partial charge is 0.506 e. The number of oxime groups is 1. The fourth-order valence-electron chi connectivity index (χ4n) is 2.51. The van der Waals surface area contributed by atoms with Crippen LogP contribution in [0.15, 0.2) is 47.8 Å². The first kappa shape index (κ1) is 12.8. The van der Waals surface area contributed by atoms with Crippen LogP contribution in [0.2, 0.25) is 0 Å². The molecule has 1 aromatic heterocycles. The second-order valence-electron chi connectivity index (χ2n) is 5.00. The molecule has 1 aliphatic heterocycles. The van der Waals surface area contributed by atoms with E-state index in [0.717, 1.165) is 16.7 Å². The van der Waals surface area contributed by atoms with E-state index < -0.39 is 7.12 Å². The van der Waals surface area contributed by atoms with Crippen LogP contribution >= 0.6 is 0 Å². The molecule has 2 aromatic carbocycles. The number of nitrogens with zero attached hydrogens (tertiary/aromatic N) is 3. The van der Waals surface area contributed by atoms with E-state index >= 15 is 0 Å². The second kappa shape index (κ2) is 4.82. The van der Waals surface area contributed by atoms with Gasteiger partial charge < -0.3 is 14.9 Å². The van der Waals surface area contributed by atoms with Crippen LogP contribution < -0.4 is 5.46 Å².